The number of nitrogens with zero attached hydrogens (tertiary/aromatic N) is 2. The van der Waals surface area contributed by atoms with E-state index in [9.17, 15) is 45.2 Å². The number of allylic oxidation sites excluding steroid dienone is 1. The van der Waals surface area contributed by atoms with Crippen LogP contribution in [0.3, 0.4) is 0 Å². The van der Waals surface area contributed by atoms with Crippen LogP contribution in [0.25, 0.3) is 0 Å². The summed E-state index contributed by atoms with van der Waals surface area (Å²) in [6, 6.07) is 1.46. The average Bonchev–Trinajstić information content (AvgIpc) is 3.96. The number of alkyl carbamates (subject to hydrolysis) is 1. The van der Waals surface area contributed by atoms with Crippen LogP contribution in [0.1, 0.15) is 64.0 Å². The van der Waals surface area contributed by atoms with E-state index >= 15 is 0 Å². The number of likely N-dealkylation sites (tertiary alicyclic amines) is 1. The highest BCUT2D eigenvalue weighted by atomic mass is 32.2. The fraction of sp³-hybridized carbons (Fsp3) is 0.559. The summed E-state index contributed by atoms with van der Waals surface area (Å²) >= 11 is 0. The maximum Gasteiger partial charge on any atom is 0.410 e. The van der Waals surface area contributed by atoms with Crippen LogP contribution >= 0.6 is 0 Å². The van der Waals surface area contributed by atoms with Gasteiger partial charge in [-0.25, -0.2) is 35.5 Å². The predicted molar refractivity (Wildman–Crippen MR) is 187 cm³/mol. The molecule has 290 valence electrons. The number of rotatable bonds is 14. The number of amides is 4. The Morgan fingerprint density at radius 3 is 2.38 bits per heavy atom. The van der Waals surface area contributed by atoms with Crippen molar-refractivity contribution in [2.24, 2.45) is 11.3 Å². The monoisotopic (exact) mass is 781 g/mol. The fourth-order valence-corrected chi connectivity index (χ4v) is 8.48. The predicted octanol–water partition coefficient (Wildman–Crippen LogP) is 1.96. The summed E-state index contributed by atoms with van der Waals surface area (Å²) in [7, 11) is -8.07. The highest BCUT2D eigenvalue weighted by Gasteiger charge is 2.61. The van der Waals surface area contributed by atoms with Gasteiger partial charge in [0.05, 0.1) is 29.8 Å². The van der Waals surface area contributed by atoms with Crippen LogP contribution in [0.4, 0.5) is 14.0 Å². The molecule has 1 aromatic rings. The Morgan fingerprint density at radius 1 is 1.09 bits per heavy atom. The Kier molecular flexibility index (Phi) is 11.1. The zero-order valence-corrected chi connectivity index (χ0v) is 31.3. The summed E-state index contributed by atoms with van der Waals surface area (Å²) in [5.74, 6) is -3.52. The molecular weight excluding hydrogens is 738 g/mol. The smallest absolute Gasteiger partial charge is 0.410 e. The van der Waals surface area contributed by atoms with E-state index < -0.39 is 109 Å². The van der Waals surface area contributed by atoms with E-state index in [4.69, 9.17) is 9.47 Å². The van der Waals surface area contributed by atoms with E-state index in [-0.39, 0.29) is 32.5 Å². The van der Waals surface area contributed by atoms with E-state index in [1.807, 2.05) is 0 Å². The number of sulfonamides is 2. The zero-order valence-electron chi connectivity index (χ0n) is 29.6. The number of benzene rings is 1. The first kappa shape index (κ1) is 39.8. The summed E-state index contributed by atoms with van der Waals surface area (Å²) < 4.78 is 79.4. The molecule has 0 unspecified atom stereocenters. The lowest BCUT2D eigenvalue weighted by Crippen LogP contribution is -2.56. The SMILES string of the molecule is C=C[C@@H]1C[C@]1(CC(=O)[C@@H]1C[C@@H](OC(=O)N2Cc3cccc(F)c3C2)CN1C(=O)[C@H](CNS(=O)(=O)C=C)NC(=O)OC(C)(C)C)C(=O)NS(=O)(=O)C1CC1. The van der Waals surface area contributed by atoms with Crippen molar-refractivity contribution in [3.63, 3.8) is 0 Å². The summed E-state index contributed by atoms with van der Waals surface area (Å²) in [6.07, 6.45) is -1.40. The van der Waals surface area contributed by atoms with Gasteiger partial charge in [-0.2, -0.15) is 0 Å². The highest BCUT2D eigenvalue weighted by Crippen LogP contribution is 2.57. The second-order valence-corrected chi connectivity index (χ2v) is 18.4. The third-order valence-corrected chi connectivity index (χ3v) is 12.5. The normalized spacial score (nSPS) is 24.4. The van der Waals surface area contributed by atoms with Crippen molar-refractivity contribution in [2.75, 3.05) is 13.1 Å². The highest BCUT2D eigenvalue weighted by molar-refractivity contribution is 7.92. The Morgan fingerprint density at radius 2 is 1.79 bits per heavy atom. The van der Waals surface area contributed by atoms with Gasteiger partial charge in [0.15, 0.2) is 5.78 Å². The van der Waals surface area contributed by atoms with Gasteiger partial charge < -0.3 is 19.7 Å². The van der Waals surface area contributed by atoms with Gasteiger partial charge in [-0.1, -0.05) is 24.8 Å². The minimum Gasteiger partial charge on any atom is -0.444 e. The number of carbonyl (C=O) groups is 5. The third kappa shape index (κ3) is 9.24. The molecule has 19 heteroatoms. The standard InChI is InChI=1S/C34H44FN5O11S2/c1-6-21-14-34(21,30(43)38-53(48,49)23-11-12-23)15-28(41)27-13-22(50-32(45)39-17-20-9-8-10-25(35)24(20)19-39)18-40(27)29(42)26(16-36-52(46,47)7-2)37-31(44)51-33(3,4)5/h6-10,21-23,26-27,36H,1-2,11-19H2,3-5H3,(H,37,44)(H,38,43)/t21-,22-,26+,27+,34-/m1/s1. The first-order valence-corrected chi connectivity index (χ1v) is 20.1. The molecule has 2 heterocycles. The second kappa shape index (κ2) is 14.8. The minimum atomic E-state index is -4.11. The summed E-state index contributed by atoms with van der Waals surface area (Å²) in [6.45, 7) is 10.6. The Hall–Kier alpha value is -4.36. The molecular formula is C34H44FN5O11S2. The molecule has 0 spiro atoms. The van der Waals surface area contributed by atoms with Crippen LogP contribution in [0, 0.1) is 17.2 Å². The molecule has 3 fully saturated rings. The molecule has 5 atom stereocenters. The third-order valence-electron chi connectivity index (χ3n) is 9.62. The van der Waals surface area contributed by atoms with Crippen molar-refractivity contribution in [3.05, 3.63) is 59.8 Å². The molecule has 1 aromatic carbocycles. The molecule has 4 aliphatic rings. The number of Topliss-reactive ketones (excluding diaryl/α,β-unsaturated/α-hetero) is 1. The van der Waals surface area contributed by atoms with Crippen LogP contribution in [0.2, 0.25) is 0 Å². The Bertz CT molecular complexity index is 1930. The number of hydrogen-bond donors (Lipinski definition) is 3. The maximum absolute atomic E-state index is 14.4. The van der Waals surface area contributed by atoms with Crippen LogP contribution in [-0.2, 0) is 57.0 Å². The number of nitrogens with one attached hydrogen (secondary N) is 3. The molecule has 5 rings (SSSR count). The number of carbonyl (C=O) groups excluding carboxylic acids is 5. The lowest BCUT2D eigenvalue weighted by molar-refractivity contribution is -0.140. The molecule has 0 bridgehead atoms. The van der Waals surface area contributed by atoms with Gasteiger partial charge in [-0.15, -0.1) is 6.58 Å². The number of ether oxygens (including phenoxy) is 2. The van der Waals surface area contributed by atoms with Gasteiger partial charge in [0.2, 0.25) is 31.9 Å². The van der Waals surface area contributed by atoms with Crippen molar-refractivity contribution in [1.82, 2.24) is 24.6 Å². The van der Waals surface area contributed by atoms with Gasteiger partial charge in [0.25, 0.3) is 0 Å². The second-order valence-electron chi connectivity index (χ2n) is 14.8. The lowest BCUT2D eigenvalue weighted by atomic mass is 9.91. The van der Waals surface area contributed by atoms with Crippen molar-refractivity contribution in [3.8, 4) is 0 Å². The summed E-state index contributed by atoms with van der Waals surface area (Å²) in [4.78, 5) is 70.2. The van der Waals surface area contributed by atoms with E-state index in [0.29, 0.717) is 29.4 Å². The average molecular weight is 782 g/mol. The number of halogens is 1. The van der Waals surface area contributed by atoms with Gasteiger partial charge in [0, 0.05) is 36.9 Å². The van der Waals surface area contributed by atoms with Crippen molar-refractivity contribution in [2.45, 2.75) is 95.0 Å². The van der Waals surface area contributed by atoms with E-state index in [2.05, 4.69) is 27.9 Å². The van der Waals surface area contributed by atoms with Crippen LogP contribution in [0.15, 0.2) is 42.8 Å². The van der Waals surface area contributed by atoms with Crippen LogP contribution in [0.5, 0.6) is 0 Å². The molecule has 3 N–H and O–H groups in total. The fourth-order valence-electron chi connectivity index (χ4n) is 6.58. The van der Waals surface area contributed by atoms with Gasteiger partial charge in [0.1, 0.15) is 23.6 Å². The molecule has 2 saturated carbocycles. The number of hydrogen-bond acceptors (Lipinski definition) is 11. The molecule has 2 aliphatic heterocycles. The molecule has 0 radical (unpaired) electrons. The zero-order chi connectivity index (χ0) is 39.1. The maximum atomic E-state index is 14.4. The van der Waals surface area contributed by atoms with Gasteiger partial charge >= 0.3 is 12.2 Å². The van der Waals surface area contributed by atoms with E-state index in [1.165, 1.54) is 23.1 Å². The van der Waals surface area contributed by atoms with Crippen LogP contribution < -0.4 is 14.8 Å². The first-order valence-electron chi connectivity index (χ1n) is 17.0. The molecule has 2 aliphatic carbocycles. The summed E-state index contributed by atoms with van der Waals surface area (Å²) in [5.41, 5.74) is -1.56. The Labute approximate surface area is 307 Å². The van der Waals surface area contributed by atoms with E-state index in [1.54, 1.807) is 26.8 Å². The van der Waals surface area contributed by atoms with E-state index in [0.717, 1.165) is 4.90 Å². The molecule has 16 nitrogen and oxygen atoms in total. The number of ketones is 1. The molecule has 1 saturated heterocycles. The number of fused-ring (bicyclic) bond motifs is 1. The molecule has 0 aromatic heterocycles. The van der Waals surface area contributed by atoms with Crippen molar-refractivity contribution < 1.29 is 54.7 Å². The van der Waals surface area contributed by atoms with Crippen LogP contribution in [-0.4, -0.2) is 98.5 Å². The lowest BCUT2D eigenvalue weighted by Gasteiger charge is -2.30. The molecule has 4 amide bonds. The Balaban J connectivity index is 1.40. The van der Waals surface area contributed by atoms with Crippen molar-refractivity contribution >= 4 is 49.8 Å². The molecule has 53 heavy (non-hydrogen) atoms. The first-order chi connectivity index (χ1) is 24.7. The topological polar surface area (TPSA) is 215 Å². The minimum absolute atomic E-state index is 0.0549. The van der Waals surface area contributed by atoms with Gasteiger partial charge in [-0.05, 0) is 57.6 Å². The summed E-state index contributed by atoms with van der Waals surface area (Å²) in [5, 5.41) is 2.24. The largest absolute Gasteiger partial charge is 0.444 e. The quantitative estimate of drug-likeness (QED) is 0.232. The van der Waals surface area contributed by atoms with Gasteiger partial charge in [-0.3, -0.25) is 24.0 Å². The van der Waals surface area contributed by atoms with Crippen molar-refractivity contribution in [1.29, 1.82) is 0 Å².